The lowest BCUT2D eigenvalue weighted by molar-refractivity contribution is 0.660. The monoisotopic (exact) mass is 1300 g/mol. The van der Waals surface area contributed by atoms with E-state index in [4.69, 9.17) is 15.0 Å². The number of hydrogen-bond donors (Lipinski definition) is 0. The highest BCUT2D eigenvalue weighted by atomic mass is 15.3. The van der Waals surface area contributed by atoms with Crippen molar-refractivity contribution in [2.24, 2.45) is 0 Å². The Labute approximate surface area is 591 Å². The summed E-state index contributed by atoms with van der Waals surface area (Å²) < 4.78 is 6.96. The predicted octanol–water partition coefficient (Wildman–Crippen LogP) is 24.4. The molecule has 0 aliphatic heterocycles. The van der Waals surface area contributed by atoms with Crippen molar-refractivity contribution in [1.29, 1.82) is 0 Å². The fourth-order valence-corrected chi connectivity index (χ4v) is 18.1. The van der Waals surface area contributed by atoms with E-state index in [1.807, 2.05) is 0 Å². The number of para-hydroxylation sites is 3. The minimum absolute atomic E-state index is 0.0862. The van der Waals surface area contributed by atoms with E-state index in [0.717, 1.165) is 77.1 Å². The van der Waals surface area contributed by atoms with Crippen molar-refractivity contribution in [3.05, 3.63) is 337 Å². The first-order valence-corrected chi connectivity index (χ1v) is 35.6. The summed E-state index contributed by atoms with van der Waals surface area (Å²) in [6, 6.07) is 112. The Kier molecular flexibility index (Phi) is 12.2. The number of fused-ring (bicyclic) bond motifs is 18. The maximum atomic E-state index is 5.71. The summed E-state index contributed by atoms with van der Waals surface area (Å²) in [6.45, 7) is 14.1. The Morgan fingerprint density at radius 1 is 0.206 bits per heavy atom. The molecule has 0 spiro atoms. The average molecular weight is 1310 g/mol. The second-order valence-electron chi connectivity index (χ2n) is 29.9. The van der Waals surface area contributed by atoms with Crippen molar-refractivity contribution in [3.8, 4) is 107 Å². The highest BCUT2D eigenvalue weighted by molar-refractivity contribution is 6.13. The summed E-state index contributed by atoms with van der Waals surface area (Å²) in [6.07, 6.45) is 0. The van der Waals surface area contributed by atoms with Crippen molar-refractivity contribution >= 4 is 65.4 Å². The highest BCUT2D eigenvalue weighted by Crippen LogP contribution is 2.53. The van der Waals surface area contributed by atoms with Crippen molar-refractivity contribution < 1.29 is 0 Å². The molecule has 4 heterocycles. The molecular formula is C96H68N6. The van der Waals surface area contributed by atoms with E-state index in [9.17, 15) is 0 Å². The van der Waals surface area contributed by atoms with E-state index in [1.165, 1.54) is 111 Å². The van der Waals surface area contributed by atoms with Crippen molar-refractivity contribution in [1.82, 2.24) is 28.7 Å². The van der Waals surface area contributed by atoms with Gasteiger partial charge in [-0.05, 0) is 178 Å². The minimum Gasteiger partial charge on any atom is -0.309 e. The first-order valence-electron chi connectivity index (χ1n) is 35.6. The van der Waals surface area contributed by atoms with E-state index < -0.39 is 0 Å². The van der Waals surface area contributed by atoms with Crippen LogP contribution in [0.3, 0.4) is 0 Å². The fraction of sp³-hybridized carbons (Fsp3) is 0.0938. The van der Waals surface area contributed by atoms with Gasteiger partial charge < -0.3 is 4.57 Å². The standard InChI is InChI=1S/C96H68N6/c1-94(2)79-25-13-7-19-67(79)70-45-37-60(51-82(70)94)63-40-48-76-73-22-10-16-28-85(73)100(88(76)54-63)66-43-35-58(36-44-66)57-31-33-59(34-32-57)91-97-92(101-86-29-17-11-23-74(86)77-49-41-64(55-89(77)101)61-38-46-71-68-20-8-14-26-80(68)95(3,4)83(71)52-61)99-93(98-91)102-87-30-18-12-24-75(87)78-50-42-65(56-90(78)102)62-39-47-72-69-21-9-15-27-81(69)96(5,6)84(72)53-62/h7-56H,1-6H3. The van der Waals surface area contributed by atoms with Gasteiger partial charge >= 0.3 is 0 Å². The molecule has 6 nitrogen and oxygen atoms in total. The second kappa shape index (κ2) is 21.3. The molecule has 21 rings (SSSR count). The molecule has 0 saturated carbocycles. The molecule has 0 radical (unpaired) electrons. The molecule has 0 unspecified atom stereocenters. The van der Waals surface area contributed by atoms with Gasteiger partial charge in [0.25, 0.3) is 0 Å². The Morgan fingerprint density at radius 3 is 0.873 bits per heavy atom. The Balaban J connectivity index is 0.699. The smallest absolute Gasteiger partial charge is 0.240 e. The van der Waals surface area contributed by atoms with Gasteiger partial charge in [0, 0.05) is 59.8 Å². The number of hydrogen-bond acceptors (Lipinski definition) is 3. The fourth-order valence-electron chi connectivity index (χ4n) is 18.1. The number of rotatable bonds is 8. The van der Waals surface area contributed by atoms with Gasteiger partial charge in [-0.25, -0.2) is 0 Å². The van der Waals surface area contributed by atoms with Gasteiger partial charge in [-0.1, -0.05) is 278 Å². The third kappa shape index (κ3) is 8.38. The van der Waals surface area contributed by atoms with E-state index in [1.54, 1.807) is 0 Å². The summed E-state index contributed by atoms with van der Waals surface area (Å²) in [5.74, 6) is 1.64. The molecule has 14 aromatic carbocycles. The molecule has 6 heteroatoms. The molecule has 3 aliphatic rings. The van der Waals surface area contributed by atoms with Gasteiger partial charge in [-0.3, -0.25) is 9.13 Å². The lowest BCUT2D eigenvalue weighted by atomic mass is 9.81. The van der Waals surface area contributed by atoms with Crippen LogP contribution < -0.4 is 0 Å². The Hall–Kier alpha value is -12.5. The van der Waals surface area contributed by atoms with Crippen LogP contribution in [0.25, 0.3) is 172 Å². The van der Waals surface area contributed by atoms with Gasteiger partial charge in [-0.2, -0.15) is 15.0 Å². The molecule has 102 heavy (non-hydrogen) atoms. The van der Waals surface area contributed by atoms with E-state index >= 15 is 0 Å². The average Bonchev–Trinajstić information content (AvgIpc) is 1.57. The third-order valence-corrected chi connectivity index (χ3v) is 23.4. The van der Waals surface area contributed by atoms with Gasteiger partial charge in [0.15, 0.2) is 5.82 Å². The maximum absolute atomic E-state index is 5.71. The summed E-state index contributed by atoms with van der Waals surface area (Å²) in [4.78, 5) is 16.9. The van der Waals surface area contributed by atoms with Crippen LogP contribution in [0.1, 0.15) is 74.9 Å². The largest absolute Gasteiger partial charge is 0.309 e. The maximum Gasteiger partial charge on any atom is 0.240 e. The SMILES string of the molecule is CC1(C)c2ccccc2-c2ccc(-c3ccc4c5ccccc5n(-c5ccc(-c6ccc(-c7nc(-n8c9ccccc9c9ccc(-c%10ccc%11c(c%10)C(C)(C)c%10ccccc%10-%11)cc98)nc(-n8c9ccccc9c9ccc(-c%10ccc%11c(c%10)C(C)(C)c%10ccccc%10-%11)cc98)n7)cc6)cc5)c4c3)cc21. The number of aromatic nitrogens is 6. The highest BCUT2D eigenvalue weighted by Gasteiger charge is 2.38. The molecular weight excluding hydrogens is 1240 g/mol. The molecule has 0 saturated heterocycles. The molecule has 0 atom stereocenters. The zero-order chi connectivity index (χ0) is 68.1. The van der Waals surface area contributed by atoms with Crippen LogP contribution in [0.15, 0.2) is 303 Å². The van der Waals surface area contributed by atoms with Crippen LogP contribution in [0.5, 0.6) is 0 Å². The summed E-state index contributed by atoms with van der Waals surface area (Å²) >= 11 is 0. The predicted molar refractivity (Wildman–Crippen MR) is 423 cm³/mol. The molecule has 0 amide bonds. The van der Waals surface area contributed by atoms with Crippen molar-refractivity contribution in [2.45, 2.75) is 57.8 Å². The van der Waals surface area contributed by atoms with Crippen LogP contribution in [0, 0.1) is 0 Å². The van der Waals surface area contributed by atoms with Gasteiger partial charge in [0.1, 0.15) is 0 Å². The summed E-state index contributed by atoms with van der Waals surface area (Å²) in [7, 11) is 0. The van der Waals surface area contributed by atoms with Crippen LogP contribution in [0.2, 0.25) is 0 Å². The van der Waals surface area contributed by atoms with E-state index in [-0.39, 0.29) is 16.2 Å². The normalized spacial score (nSPS) is 14.2. The summed E-state index contributed by atoms with van der Waals surface area (Å²) in [5.41, 5.74) is 33.3. The molecule has 4 aromatic heterocycles. The van der Waals surface area contributed by atoms with Crippen molar-refractivity contribution in [3.63, 3.8) is 0 Å². The van der Waals surface area contributed by atoms with Crippen LogP contribution in [0.4, 0.5) is 0 Å². The van der Waals surface area contributed by atoms with E-state index in [2.05, 4.69) is 359 Å². The van der Waals surface area contributed by atoms with E-state index in [0.29, 0.717) is 17.7 Å². The number of nitrogens with zero attached hydrogens (tertiary/aromatic N) is 6. The molecule has 482 valence electrons. The quantitative estimate of drug-likeness (QED) is 0.152. The lowest BCUT2D eigenvalue weighted by Crippen LogP contribution is -2.14. The number of benzene rings is 14. The van der Waals surface area contributed by atoms with Gasteiger partial charge in [0.05, 0.1) is 33.1 Å². The van der Waals surface area contributed by atoms with Gasteiger partial charge in [-0.15, -0.1) is 0 Å². The third-order valence-electron chi connectivity index (χ3n) is 23.4. The van der Waals surface area contributed by atoms with Crippen LogP contribution >= 0.6 is 0 Å². The molecule has 0 bridgehead atoms. The topological polar surface area (TPSA) is 53.5 Å². The van der Waals surface area contributed by atoms with Crippen LogP contribution in [-0.4, -0.2) is 28.7 Å². The van der Waals surface area contributed by atoms with Crippen LogP contribution in [-0.2, 0) is 16.2 Å². The molecule has 18 aromatic rings. The Morgan fingerprint density at radius 2 is 0.480 bits per heavy atom. The minimum atomic E-state index is -0.142. The first-order chi connectivity index (χ1) is 49.8. The molecule has 0 N–H and O–H groups in total. The summed E-state index contributed by atoms with van der Waals surface area (Å²) in [5, 5.41) is 6.96. The second-order valence-corrected chi connectivity index (χ2v) is 29.9. The zero-order valence-electron chi connectivity index (χ0n) is 57.6. The van der Waals surface area contributed by atoms with Gasteiger partial charge in [0.2, 0.25) is 11.9 Å². The Bertz CT molecular complexity index is 6400. The van der Waals surface area contributed by atoms with Crippen molar-refractivity contribution in [2.75, 3.05) is 0 Å². The zero-order valence-corrected chi connectivity index (χ0v) is 57.6. The molecule has 3 aliphatic carbocycles. The molecule has 0 fully saturated rings. The lowest BCUT2D eigenvalue weighted by Gasteiger charge is -2.22. The first kappa shape index (κ1) is 58.5.